The minimum Gasteiger partial charge on any atom is -0.469 e. The van der Waals surface area contributed by atoms with Crippen molar-refractivity contribution in [1.29, 1.82) is 5.41 Å². The summed E-state index contributed by atoms with van der Waals surface area (Å²) in [5.74, 6) is 0.0600. The SMILES string of the molecule is N=C(OC(CCF)c1ccc(N2C=CNC2)cc1)c1ccccc1. The second kappa shape index (κ2) is 7.64. The molecule has 0 aliphatic carbocycles. The number of rotatable bonds is 6. The molecule has 3 rings (SSSR count). The molecule has 1 heterocycles. The van der Waals surface area contributed by atoms with Crippen LogP contribution in [0.5, 0.6) is 0 Å². The van der Waals surface area contributed by atoms with Crippen molar-refractivity contribution in [2.75, 3.05) is 18.2 Å². The molecule has 24 heavy (non-hydrogen) atoms. The first kappa shape index (κ1) is 16.1. The summed E-state index contributed by atoms with van der Waals surface area (Å²) >= 11 is 0. The van der Waals surface area contributed by atoms with Gasteiger partial charge in [0, 0.05) is 30.1 Å². The molecule has 1 aliphatic rings. The number of alkyl halides is 1. The van der Waals surface area contributed by atoms with Gasteiger partial charge in [-0.3, -0.25) is 9.80 Å². The fourth-order valence-electron chi connectivity index (χ4n) is 2.60. The maximum absolute atomic E-state index is 12.9. The van der Waals surface area contributed by atoms with Crippen LogP contribution in [0.2, 0.25) is 0 Å². The molecule has 2 aromatic rings. The summed E-state index contributed by atoms with van der Waals surface area (Å²) in [5, 5.41) is 11.2. The maximum Gasteiger partial charge on any atom is 0.213 e. The van der Waals surface area contributed by atoms with Gasteiger partial charge in [0.25, 0.3) is 0 Å². The molecule has 2 N–H and O–H groups in total. The molecule has 0 bridgehead atoms. The number of anilines is 1. The molecular weight excluding hydrogens is 305 g/mol. The number of halogens is 1. The number of ether oxygens (including phenoxy) is 1. The molecule has 0 spiro atoms. The Bertz CT molecular complexity index is 700. The van der Waals surface area contributed by atoms with E-state index in [1.54, 1.807) is 0 Å². The van der Waals surface area contributed by atoms with E-state index in [0.29, 0.717) is 5.56 Å². The summed E-state index contributed by atoms with van der Waals surface area (Å²) in [7, 11) is 0. The van der Waals surface area contributed by atoms with Gasteiger partial charge in [0.05, 0.1) is 13.3 Å². The Morgan fingerprint density at radius 2 is 1.92 bits per heavy atom. The van der Waals surface area contributed by atoms with Crippen LogP contribution in [0.3, 0.4) is 0 Å². The minimum atomic E-state index is -0.493. The zero-order valence-corrected chi connectivity index (χ0v) is 13.3. The summed E-state index contributed by atoms with van der Waals surface area (Å²) in [4.78, 5) is 2.07. The van der Waals surface area contributed by atoms with Crippen molar-refractivity contribution in [3.8, 4) is 0 Å². The molecule has 0 saturated carbocycles. The van der Waals surface area contributed by atoms with E-state index in [0.717, 1.165) is 17.9 Å². The molecule has 124 valence electrons. The molecule has 0 amide bonds. The molecule has 1 aliphatic heterocycles. The van der Waals surface area contributed by atoms with Crippen molar-refractivity contribution in [2.45, 2.75) is 12.5 Å². The Labute approximate surface area is 141 Å². The van der Waals surface area contributed by atoms with E-state index in [4.69, 9.17) is 10.1 Å². The Morgan fingerprint density at radius 1 is 1.17 bits per heavy atom. The number of hydrogen-bond donors (Lipinski definition) is 2. The lowest BCUT2D eigenvalue weighted by atomic mass is 10.1. The van der Waals surface area contributed by atoms with E-state index in [2.05, 4.69) is 10.2 Å². The number of nitrogens with zero attached hydrogens (tertiary/aromatic N) is 1. The highest BCUT2D eigenvalue weighted by atomic mass is 19.1. The van der Waals surface area contributed by atoms with Gasteiger partial charge >= 0.3 is 0 Å². The van der Waals surface area contributed by atoms with E-state index < -0.39 is 12.8 Å². The zero-order chi connectivity index (χ0) is 16.8. The van der Waals surface area contributed by atoms with Crippen molar-refractivity contribution in [3.05, 3.63) is 78.1 Å². The lowest BCUT2D eigenvalue weighted by Gasteiger charge is -2.20. The van der Waals surface area contributed by atoms with E-state index >= 15 is 0 Å². The van der Waals surface area contributed by atoms with Crippen LogP contribution in [0, 0.1) is 5.41 Å². The van der Waals surface area contributed by atoms with Crippen molar-refractivity contribution >= 4 is 11.6 Å². The number of benzene rings is 2. The third-order valence-corrected chi connectivity index (χ3v) is 3.90. The van der Waals surface area contributed by atoms with Gasteiger partial charge in [-0.05, 0) is 29.8 Å². The number of nitrogens with one attached hydrogen (secondary N) is 2. The molecule has 5 heteroatoms. The van der Waals surface area contributed by atoms with Gasteiger partial charge in [-0.25, -0.2) is 0 Å². The van der Waals surface area contributed by atoms with Crippen LogP contribution < -0.4 is 10.2 Å². The van der Waals surface area contributed by atoms with Crippen molar-refractivity contribution in [2.24, 2.45) is 0 Å². The quantitative estimate of drug-likeness (QED) is 0.624. The second-order valence-electron chi connectivity index (χ2n) is 5.52. The molecule has 1 atom stereocenters. The van der Waals surface area contributed by atoms with Crippen LogP contribution in [0.25, 0.3) is 0 Å². The molecule has 4 nitrogen and oxygen atoms in total. The monoisotopic (exact) mass is 325 g/mol. The van der Waals surface area contributed by atoms with Crippen molar-refractivity contribution in [1.82, 2.24) is 5.32 Å². The number of hydrogen-bond acceptors (Lipinski definition) is 4. The summed E-state index contributed by atoms with van der Waals surface area (Å²) in [6.45, 7) is 0.246. The Kier molecular flexibility index (Phi) is 5.11. The van der Waals surface area contributed by atoms with E-state index in [-0.39, 0.29) is 12.3 Å². The zero-order valence-electron chi connectivity index (χ0n) is 13.3. The Balaban J connectivity index is 1.72. The van der Waals surface area contributed by atoms with Gasteiger partial charge in [0.1, 0.15) is 6.10 Å². The average molecular weight is 325 g/mol. The van der Waals surface area contributed by atoms with E-state index in [1.807, 2.05) is 67.0 Å². The van der Waals surface area contributed by atoms with Gasteiger partial charge < -0.3 is 15.0 Å². The fourth-order valence-corrected chi connectivity index (χ4v) is 2.60. The summed E-state index contributed by atoms with van der Waals surface area (Å²) in [5.41, 5.74) is 2.61. The van der Waals surface area contributed by atoms with Crippen LogP contribution in [0.4, 0.5) is 10.1 Å². The largest absolute Gasteiger partial charge is 0.469 e. The first-order valence-electron chi connectivity index (χ1n) is 7.91. The first-order chi connectivity index (χ1) is 11.8. The third kappa shape index (κ3) is 3.74. The van der Waals surface area contributed by atoms with Gasteiger partial charge in [-0.1, -0.05) is 30.3 Å². The van der Waals surface area contributed by atoms with Crippen LogP contribution in [0.1, 0.15) is 23.7 Å². The first-order valence-corrected chi connectivity index (χ1v) is 7.91. The van der Waals surface area contributed by atoms with Crippen molar-refractivity contribution in [3.63, 3.8) is 0 Å². The van der Waals surface area contributed by atoms with Crippen LogP contribution in [0.15, 0.2) is 67.0 Å². The highest BCUT2D eigenvalue weighted by molar-refractivity contribution is 5.91. The lowest BCUT2D eigenvalue weighted by Crippen LogP contribution is -2.19. The normalized spacial score (nSPS) is 14.3. The van der Waals surface area contributed by atoms with E-state index in [1.165, 1.54) is 0 Å². The highest BCUT2D eigenvalue weighted by Gasteiger charge is 2.16. The molecule has 0 aromatic heterocycles. The Morgan fingerprint density at radius 3 is 2.54 bits per heavy atom. The highest BCUT2D eigenvalue weighted by Crippen LogP contribution is 2.26. The third-order valence-electron chi connectivity index (χ3n) is 3.90. The summed E-state index contributed by atoms with van der Waals surface area (Å²) < 4.78 is 18.7. The maximum atomic E-state index is 12.9. The van der Waals surface area contributed by atoms with Gasteiger partial charge in [0.2, 0.25) is 5.90 Å². The topological polar surface area (TPSA) is 48.4 Å². The van der Waals surface area contributed by atoms with Gasteiger partial charge in [0.15, 0.2) is 0 Å². The van der Waals surface area contributed by atoms with Crippen molar-refractivity contribution < 1.29 is 9.13 Å². The van der Waals surface area contributed by atoms with Gasteiger partial charge in [-0.2, -0.15) is 0 Å². The van der Waals surface area contributed by atoms with Crippen LogP contribution in [-0.2, 0) is 4.74 Å². The summed E-state index contributed by atoms with van der Waals surface area (Å²) in [6.07, 6.45) is 3.61. The lowest BCUT2D eigenvalue weighted by molar-refractivity contribution is 0.168. The van der Waals surface area contributed by atoms with E-state index in [9.17, 15) is 4.39 Å². The molecule has 0 radical (unpaired) electrons. The van der Waals surface area contributed by atoms with Crippen LogP contribution >= 0.6 is 0 Å². The molecule has 2 aromatic carbocycles. The average Bonchev–Trinajstić information content (AvgIpc) is 3.17. The smallest absolute Gasteiger partial charge is 0.213 e. The second-order valence-corrected chi connectivity index (χ2v) is 5.52. The predicted molar refractivity (Wildman–Crippen MR) is 93.8 cm³/mol. The predicted octanol–water partition coefficient (Wildman–Crippen LogP) is 3.97. The molecular formula is C19H20FN3O. The van der Waals surface area contributed by atoms with Gasteiger partial charge in [-0.15, -0.1) is 0 Å². The standard InChI is InChI=1S/C19H20FN3O/c20-11-10-18(24-19(21)16-4-2-1-3-5-16)15-6-8-17(9-7-15)23-13-12-22-14-23/h1-9,12-13,18,21-22H,10-11,14H2. The van der Waals surface area contributed by atoms with Crippen LogP contribution in [-0.4, -0.2) is 19.2 Å². The fraction of sp³-hybridized carbons (Fsp3) is 0.211. The summed E-state index contributed by atoms with van der Waals surface area (Å²) in [6, 6.07) is 17.0. The molecule has 1 unspecified atom stereocenters. The Hall–Kier alpha value is -2.82. The molecule has 0 fully saturated rings. The minimum absolute atomic E-state index is 0.0600. The molecule has 0 saturated heterocycles.